The summed E-state index contributed by atoms with van der Waals surface area (Å²) < 4.78 is 40.0. The molecule has 0 radical (unpaired) electrons. The van der Waals surface area contributed by atoms with E-state index in [0.29, 0.717) is 11.3 Å². The molecule has 0 aliphatic carbocycles. The van der Waals surface area contributed by atoms with Crippen molar-refractivity contribution in [2.24, 2.45) is 5.73 Å². The first kappa shape index (κ1) is 27.0. The Morgan fingerprint density at radius 1 is 1.20 bits per heavy atom. The molecule has 2 aliphatic heterocycles. The highest BCUT2D eigenvalue weighted by Gasteiger charge is 2.51. The predicted molar refractivity (Wildman–Crippen MR) is 133 cm³/mol. The van der Waals surface area contributed by atoms with Crippen LogP contribution in [-0.4, -0.2) is 59.9 Å². The lowest BCUT2D eigenvalue weighted by Gasteiger charge is -2.48. The maximum atomic E-state index is 12.5. The summed E-state index contributed by atoms with van der Waals surface area (Å²) in [6.07, 6.45) is 0. The minimum atomic E-state index is -4.02. The molecule has 2 aromatic rings. The fourth-order valence-corrected chi connectivity index (χ4v) is 5.43. The smallest absolute Gasteiger partial charge is 0.355 e. The first-order valence-electron chi connectivity index (χ1n) is 10.4. The van der Waals surface area contributed by atoms with E-state index in [4.69, 9.17) is 31.4 Å². The number of methoxy groups -OCH3 is 1. The van der Waals surface area contributed by atoms with Crippen molar-refractivity contribution in [3.63, 3.8) is 0 Å². The molecule has 9 nitrogen and oxygen atoms in total. The average molecular weight is 541 g/mol. The lowest BCUT2D eigenvalue weighted by molar-refractivity contribution is -0.151. The molecule has 2 aromatic carbocycles. The van der Waals surface area contributed by atoms with Crippen molar-refractivity contribution in [3.8, 4) is 5.75 Å². The molecule has 2 aliphatic rings. The van der Waals surface area contributed by atoms with Crippen LogP contribution < -0.4 is 10.5 Å². The van der Waals surface area contributed by atoms with Crippen molar-refractivity contribution in [2.75, 3.05) is 18.7 Å². The number of benzene rings is 2. The normalized spacial score (nSPS) is 19.2. The number of hydrogen-bond acceptors (Lipinski definition) is 8. The zero-order valence-corrected chi connectivity index (χ0v) is 21.4. The van der Waals surface area contributed by atoms with Gasteiger partial charge in [0.1, 0.15) is 29.5 Å². The van der Waals surface area contributed by atoms with Crippen molar-refractivity contribution in [1.29, 1.82) is 0 Å². The van der Waals surface area contributed by atoms with Gasteiger partial charge >= 0.3 is 5.97 Å². The molecule has 35 heavy (non-hydrogen) atoms. The van der Waals surface area contributed by atoms with Crippen LogP contribution >= 0.6 is 23.4 Å². The van der Waals surface area contributed by atoms with Gasteiger partial charge in [-0.3, -0.25) is 14.2 Å². The standard InChI is InChI=1S/C16H17ClN2O4S.C7H8O3S/c1-22-11-4-2-9(3-5-11)7-23-16(21)13-10(6-17)8-24-15-12(18)14(20)19(13)15;1-6-2-4-7(5-3-6)11(8,9)10/h2-5,12,15H,6-8,18H2,1H3;2-5H,1H3,(H,8,9,10)/t12-,15+;/m1./s1. The van der Waals surface area contributed by atoms with Crippen LogP contribution in [0.1, 0.15) is 11.1 Å². The zero-order chi connectivity index (χ0) is 25.8. The number of thioether (sulfide) groups is 1. The summed E-state index contributed by atoms with van der Waals surface area (Å²) in [7, 11) is -2.43. The van der Waals surface area contributed by atoms with E-state index in [-0.39, 0.29) is 34.4 Å². The van der Waals surface area contributed by atoms with Crippen molar-refractivity contribution < 1.29 is 32.0 Å². The van der Waals surface area contributed by atoms with E-state index in [1.165, 1.54) is 28.8 Å². The number of halogens is 1. The van der Waals surface area contributed by atoms with E-state index in [1.807, 2.05) is 19.1 Å². The van der Waals surface area contributed by atoms with Gasteiger partial charge in [0, 0.05) is 11.6 Å². The number of hydrogen-bond donors (Lipinski definition) is 2. The van der Waals surface area contributed by atoms with Crippen LogP contribution in [0.15, 0.2) is 64.7 Å². The molecule has 1 fully saturated rings. The molecule has 3 N–H and O–H groups in total. The number of alkyl halides is 1. The third kappa shape index (κ3) is 6.36. The number of esters is 1. The predicted octanol–water partition coefficient (Wildman–Crippen LogP) is 2.72. The van der Waals surface area contributed by atoms with Crippen LogP contribution in [0.2, 0.25) is 0 Å². The first-order valence-corrected chi connectivity index (χ1v) is 13.4. The summed E-state index contributed by atoms with van der Waals surface area (Å²) in [6, 6.07) is 12.6. The number of fused-ring (bicyclic) bond motifs is 1. The minimum Gasteiger partial charge on any atom is -0.497 e. The van der Waals surface area contributed by atoms with E-state index >= 15 is 0 Å². The molecular formula is C23H25ClN2O7S2. The van der Waals surface area contributed by atoms with E-state index in [2.05, 4.69) is 0 Å². The van der Waals surface area contributed by atoms with E-state index in [9.17, 15) is 18.0 Å². The Kier molecular flexibility index (Phi) is 8.84. The molecule has 0 saturated carbocycles. The van der Waals surface area contributed by atoms with Gasteiger partial charge in [-0.15, -0.1) is 23.4 Å². The highest BCUT2D eigenvalue weighted by Crippen LogP contribution is 2.40. The molecule has 4 rings (SSSR count). The Morgan fingerprint density at radius 2 is 1.83 bits per heavy atom. The van der Waals surface area contributed by atoms with Gasteiger partial charge in [0.15, 0.2) is 0 Å². The van der Waals surface area contributed by atoms with Gasteiger partial charge in [-0.25, -0.2) is 4.79 Å². The van der Waals surface area contributed by atoms with Crippen molar-refractivity contribution in [3.05, 3.63) is 70.9 Å². The Bertz CT molecular complexity index is 1220. The largest absolute Gasteiger partial charge is 0.497 e. The van der Waals surface area contributed by atoms with Gasteiger partial charge in [-0.05, 0) is 42.3 Å². The summed E-state index contributed by atoms with van der Waals surface area (Å²) in [6.45, 7) is 1.95. The molecule has 188 valence electrons. The Labute approximate surface area is 213 Å². The highest BCUT2D eigenvalue weighted by atomic mass is 35.5. The fourth-order valence-electron chi connectivity index (χ4n) is 3.32. The van der Waals surface area contributed by atoms with Crippen LogP contribution in [0.3, 0.4) is 0 Å². The monoisotopic (exact) mass is 540 g/mol. The molecular weight excluding hydrogens is 516 g/mol. The van der Waals surface area contributed by atoms with Gasteiger partial charge in [0.25, 0.3) is 10.1 Å². The maximum Gasteiger partial charge on any atom is 0.355 e. The van der Waals surface area contributed by atoms with Crippen LogP contribution in [0.4, 0.5) is 0 Å². The first-order chi connectivity index (χ1) is 16.6. The number of amides is 1. The topological polar surface area (TPSA) is 136 Å². The molecule has 1 amide bonds. The van der Waals surface area contributed by atoms with E-state index < -0.39 is 22.1 Å². The second-order valence-corrected chi connectivity index (χ2v) is 10.5. The molecule has 12 heteroatoms. The van der Waals surface area contributed by atoms with Gasteiger partial charge in [0.05, 0.1) is 12.0 Å². The SMILES string of the molecule is COc1ccc(COC(=O)C2=C(CCl)CS[C@H]3[C@H](N)C(=O)N23)cc1.Cc1ccc(S(=O)(=O)O)cc1. The van der Waals surface area contributed by atoms with Gasteiger partial charge in [0.2, 0.25) is 5.91 Å². The maximum absolute atomic E-state index is 12.5. The van der Waals surface area contributed by atoms with Crippen molar-refractivity contribution in [2.45, 2.75) is 29.8 Å². The Hall–Kier alpha value is -2.57. The molecule has 1 saturated heterocycles. The average Bonchev–Trinajstić information content (AvgIpc) is 2.86. The van der Waals surface area contributed by atoms with Gasteiger partial charge < -0.3 is 15.2 Å². The fraction of sp³-hybridized carbons (Fsp3) is 0.304. The van der Waals surface area contributed by atoms with Crippen LogP contribution in [-0.2, 0) is 31.1 Å². The number of carbonyl (C=O) groups is 2. The molecule has 2 heterocycles. The van der Waals surface area contributed by atoms with Crippen LogP contribution in [0, 0.1) is 6.92 Å². The summed E-state index contributed by atoms with van der Waals surface area (Å²) in [5.74, 6) is 0.646. The number of aryl methyl sites for hydroxylation is 1. The lowest BCUT2D eigenvalue weighted by atomic mass is 10.0. The number of nitrogens with zero attached hydrogens (tertiary/aromatic N) is 1. The zero-order valence-electron chi connectivity index (χ0n) is 19.0. The van der Waals surface area contributed by atoms with E-state index in [1.54, 1.807) is 31.4 Å². The van der Waals surface area contributed by atoms with Gasteiger partial charge in [-0.2, -0.15) is 8.42 Å². The third-order valence-corrected chi connectivity index (χ3v) is 7.84. The third-order valence-electron chi connectivity index (χ3n) is 5.29. The van der Waals surface area contributed by atoms with Crippen LogP contribution in [0.5, 0.6) is 5.75 Å². The second kappa shape index (κ2) is 11.4. The summed E-state index contributed by atoms with van der Waals surface area (Å²) in [5.41, 5.74) is 8.50. The number of rotatable bonds is 6. The van der Waals surface area contributed by atoms with Crippen molar-refractivity contribution in [1.82, 2.24) is 4.90 Å². The number of carbonyl (C=O) groups excluding carboxylic acids is 2. The highest BCUT2D eigenvalue weighted by molar-refractivity contribution is 8.00. The quantitative estimate of drug-likeness (QED) is 0.245. The second-order valence-electron chi connectivity index (χ2n) is 7.73. The number of ether oxygens (including phenoxy) is 2. The molecule has 0 aromatic heterocycles. The molecule has 0 bridgehead atoms. The van der Waals surface area contributed by atoms with Gasteiger partial charge in [-0.1, -0.05) is 29.8 Å². The molecule has 0 unspecified atom stereocenters. The Balaban J connectivity index is 0.000000261. The summed E-state index contributed by atoms with van der Waals surface area (Å²) >= 11 is 7.44. The molecule has 2 atom stereocenters. The van der Waals surface area contributed by atoms with Crippen LogP contribution in [0.25, 0.3) is 0 Å². The summed E-state index contributed by atoms with van der Waals surface area (Å²) in [4.78, 5) is 25.8. The molecule has 0 spiro atoms. The summed E-state index contributed by atoms with van der Waals surface area (Å²) in [5, 5.41) is -0.215. The van der Waals surface area contributed by atoms with Crippen molar-refractivity contribution >= 4 is 45.4 Å². The number of nitrogens with two attached hydrogens (primary N) is 1. The minimum absolute atomic E-state index is 0.0666. The number of β-lactam (4-membered cyclic amide) rings is 1. The van der Waals surface area contributed by atoms with E-state index in [0.717, 1.165) is 16.9 Å². The Morgan fingerprint density at radius 3 is 2.37 bits per heavy atom. The lowest BCUT2D eigenvalue weighted by Crippen LogP contribution is -2.68.